The summed E-state index contributed by atoms with van der Waals surface area (Å²) in [5.74, 6) is 0. The molecule has 3 aromatic heterocycles. The van der Waals surface area contributed by atoms with Crippen LogP contribution in [0, 0.1) is 13.8 Å². The molecule has 0 fully saturated rings. The van der Waals surface area contributed by atoms with Gasteiger partial charge in [-0.1, -0.05) is 17.4 Å². The molecule has 0 saturated carbocycles. The summed E-state index contributed by atoms with van der Waals surface area (Å²) in [6.45, 7) is 6.48. The summed E-state index contributed by atoms with van der Waals surface area (Å²) in [6.07, 6.45) is 3.60. The molecule has 0 bridgehead atoms. The lowest BCUT2D eigenvalue weighted by Crippen LogP contribution is -2.28. The number of urea groups is 1. The summed E-state index contributed by atoms with van der Waals surface area (Å²) < 4.78 is 1.03. The van der Waals surface area contributed by atoms with Crippen molar-refractivity contribution in [3.05, 3.63) is 47.4 Å². The Kier molecular flexibility index (Phi) is 5.06. The Morgan fingerprint density at radius 1 is 1.14 bits per heavy atom. The third-order valence-electron chi connectivity index (χ3n) is 4.19. The van der Waals surface area contributed by atoms with Crippen molar-refractivity contribution in [2.45, 2.75) is 20.8 Å². The Bertz CT molecular complexity index is 1150. The number of carbonyl (C=O) groups is 1. The van der Waals surface area contributed by atoms with Gasteiger partial charge < -0.3 is 5.32 Å². The number of aryl methyl sites for hydroxylation is 2. The van der Waals surface area contributed by atoms with Crippen molar-refractivity contribution in [3.63, 3.8) is 0 Å². The van der Waals surface area contributed by atoms with Crippen LogP contribution in [0.3, 0.4) is 0 Å². The van der Waals surface area contributed by atoms with E-state index < -0.39 is 0 Å². The first-order valence-electron chi connectivity index (χ1n) is 8.89. The standard InChI is InChI=1S/C20H19N5OS2/c1-4-22-19(26)25-20-24-16-9-14(13-6-5-7-21-10-13)8-15(18(16)28-20)17-11(2)23-12(3)27-17/h5-10H,4H2,1-3H3,(H2,22,24,25,26). The zero-order valence-electron chi connectivity index (χ0n) is 15.7. The molecule has 4 rings (SSSR count). The largest absolute Gasteiger partial charge is 0.338 e. The number of carbonyl (C=O) groups excluding carboxylic acids is 1. The van der Waals surface area contributed by atoms with Gasteiger partial charge >= 0.3 is 6.03 Å². The van der Waals surface area contributed by atoms with E-state index in [1.807, 2.05) is 45.2 Å². The minimum absolute atomic E-state index is 0.250. The molecule has 0 atom stereocenters. The number of benzene rings is 1. The Balaban J connectivity index is 1.89. The van der Waals surface area contributed by atoms with E-state index in [0.717, 1.165) is 42.5 Å². The van der Waals surface area contributed by atoms with Gasteiger partial charge in [0, 0.05) is 30.1 Å². The van der Waals surface area contributed by atoms with Gasteiger partial charge in [0.25, 0.3) is 0 Å². The molecular weight excluding hydrogens is 390 g/mol. The van der Waals surface area contributed by atoms with Crippen molar-refractivity contribution in [3.8, 4) is 21.6 Å². The summed E-state index contributed by atoms with van der Waals surface area (Å²) >= 11 is 3.14. The summed E-state index contributed by atoms with van der Waals surface area (Å²) in [5, 5.41) is 7.16. The molecule has 0 aliphatic heterocycles. The van der Waals surface area contributed by atoms with E-state index in [2.05, 4.69) is 31.7 Å². The fourth-order valence-corrected chi connectivity index (χ4v) is 5.01. The van der Waals surface area contributed by atoms with Crippen LogP contribution < -0.4 is 10.6 Å². The number of hydrogen-bond donors (Lipinski definition) is 2. The lowest BCUT2D eigenvalue weighted by Gasteiger charge is -2.06. The lowest BCUT2D eigenvalue weighted by atomic mass is 10.0. The molecule has 0 saturated heterocycles. The summed E-state index contributed by atoms with van der Waals surface area (Å²) in [5.41, 5.74) is 4.99. The van der Waals surface area contributed by atoms with Crippen LogP contribution in [0.1, 0.15) is 17.6 Å². The molecule has 1 aromatic carbocycles. The minimum atomic E-state index is -0.250. The molecule has 6 nitrogen and oxygen atoms in total. The van der Waals surface area contributed by atoms with Crippen molar-refractivity contribution >= 4 is 44.1 Å². The van der Waals surface area contributed by atoms with Crippen molar-refractivity contribution < 1.29 is 4.79 Å². The fourth-order valence-electron chi connectivity index (χ4n) is 3.04. The first-order chi connectivity index (χ1) is 13.5. The third-order valence-corrected chi connectivity index (χ3v) is 6.32. The van der Waals surface area contributed by atoms with Gasteiger partial charge in [0.15, 0.2) is 5.13 Å². The minimum Gasteiger partial charge on any atom is -0.338 e. The number of aromatic nitrogens is 3. The first-order valence-corrected chi connectivity index (χ1v) is 10.5. The van der Waals surface area contributed by atoms with E-state index in [4.69, 9.17) is 0 Å². The molecule has 0 radical (unpaired) electrons. The molecule has 142 valence electrons. The summed E-state index contributed by atoms with van der Waals surface area (Å²) in [6, 6.07) is 7.90. The number of pyridine rings is 1. The van der Waals surface area contributed by atoms with Gasteiger partial charge in [-0.25, -0.2) is 14.8 Å². The van der Waals surface area contributed by atoms with Gasteiger partial charge in [0.1, 0.15) is 0 Å². The molecular formula is C20H19N5OS2. The number of nitrogens with one attached hydrogen (secondary N) is 2. The normalized spacial score (nSPS) is 11.0. The number of nitrogens with zero attached hydrogens (tertiary/aromatic N) is 3. The Morgan fingerprint density at radius 2 is 2.00 bits per heavy atom. The molecule has 0 unspecified atom stereocenters. The van der Waals surface area contributed by atoms with E-state index in [0.29, 0.717) is 11.7 Å². The van der Waals surface area contributed by atoms with Gasteiger partial charge in [-0.15, -0.1) is 11.3 Å². The molecule has 3 heterocycles. The average molecular weight is 410 g/mol. The van der Waals surface area contributed by atoms with Crippen molar-refractivity contribution in [2.24, 2.45) is 0 Å². The number of amides is 2. The van der Waals surface area contributed by atoms with Crippen LogP contribution in [0.15, 0.2) is 36.7 Å². The quantitative estimate of drug-likeness (QED) is 0.483. The fraction of sp³-hybridized carbons (Fsp3) is 0.200. The number of fused-ring (bicyclic) bond motifs is 1. The second-order valence-corrected chi connectivity index (χ2v) is 8.47. The van der Waals surface area contributed by atoms with Crippen molar-refractivity contribution in [1.82, 2.24) is 20.3 Å². The molecule has 0 aliphatic carbocycles. The highest BCUT2D eigenvalue weighted by molar-refractivity contribution is 7.23. The van der Waals surface area contributed by atoms with Crippen LogP contribution >= 0.6 is 22.7 Å². The highest BCUT2D eigenvalue weighted by Gasteiger charge is 2.17. The molecule has 2 N–H and O–H groups in total. The number of anilines is 1. The summed E-state index contributed by atoms with van der Waals surface area (Å²) in [4.78, 5) is 26.5. The van der Waals surface area contributed by atoms with Crippen LogP contribution in [0.2, 0.25) is 0 Å². The topological polar surface area (TPSA) is 79.8 Å². The van der Waals surface area contributed by atoms with Gasteiger partial charge in [0.05, 0.1) is 25.8 Å². The zero-order chi connectivity index (χ0) is 19.7. The maximum atomic E-state index is 11.9. The predicted octanol–water partition coefficient (Wildman–Crippen LogP) is 5.24. The molecule has 28 heavy (non-hydrogen) atoms. The molecule has 4 aromatic rings. The monoisotopic (exact) mass is 409 g/mol. The highest BCUT2D eigenvalue weighted by atomic mass is 32.1. The van der Waals surface area contributed by atoms with Crippen LogP contribution in [0.25, 0.3) is 31.8 Å². The third kappa shape index (κ3) is 3.61. The van der Waals surface area contributed by atoms with E-state index >= 15 is 0 Å². The average Bonchev–Trinajstić information content (AvgIpc) is 3.23. The zero-order valence-corrected chi connectivity index (χ0v) is 17.4. The van der Waals surface area contributed by atoms with Crippen molar-refractivity contribution in [1.29, 1.82) is 0 Å². The van der Waals surface area contributed by atoms with Crippen LogP contribution in [-0.4, -0.2) is 27.5 Å². The van der Waals surface area contributed by atoms with Crippen LogP contribution in [0.4, 0.5) is 9.93 Å². The number of rotatable bonds is 4. The van der Waals surface area contributed by atoms with Gasteiger partial charge in [-0.05, 0) is 44.5 Å². The van der Waals surface area contributed by atoms with Gasteiger partial charge in [-0.3, -0.25) is 10.3 Å². The molecule has 8 heteroatoms. The van der Waals surface area contributed by atoms with E-state index in [1.165, 1.54) is 11.3 Å². The second-order valence-electron chi connectivity index (χ2n) is 6.26. The maximum absolute atomic E-state index is 11.9. The smallest absolute Gasteiger partial charge is 0.321 e. The predicted molar refractivity (Wildman–Crippen MR) is 116 cm³/mol. The molecule has 0 aliphatic rings. The Labute approximate surface area is 170 Å². The lowest BCUT2D eigenvalue weighted by molar-refractivity contribution is 0.252. The van der Waals surface area contributed by atoms with Crippen LogP contribution in [-0.2, 0) is 0 Å². The Hall–Kier alpha value is -2.84. The van der Waals surface area contributed by atoms with E-state index in [-0.39, 0.29) is 6.03 Å². The van der Waals surface area contributed by atoms with Gasteiger partial charge in [0.2, 0.25) is 0 Å². The molecule has 0 spiro atoms. The number of hydrogen-bond acceptors (Lipinski definition) is 6. The maximum Gasteiger partial charge on any atom is 0.321 e. The van der Waals surface area contributed by atoms with E-state index in [9.17, 15) is 4.79 Å². The second kappa shape index (κ2) is 7.65. The summed E-state index contributed by atoms with van der Waals surface area (Å²) in [7, 11) is 0. The SMILES string of the molecule is CCNC(=O)Nc1nc2cc(-c3cccnc3)cc(-c3sc(C)nc3C)c2s1. The molecule has 2 amide bonds. The van der Waals surface area contributed by atoms with E-state index in [1.54, 1.807) is 17.5 Å². The highest BCUT2D eigenvalue weighted by Crippen LogP contribution is 2.41. The van der Waals surface area contributed by atoms with Crippen LogP contribution in [0.5, 0.6) is 0 Å². The van der Waals surface area contributed by atoms with Gasteiger partial charge in [-0.2, -0.15) is 0 Å². The van der Waals surface area contributed by atoms with Crippen molar-refractivity contribution in [2.75, 3.05) is 11.9 Å². The first kappa shape index (κ1) is 18.5. The Morgan fingerprint density at radius 3 is 2.68 bits per heavy atom. The number of thiazole rings is 2.